The fraction of sp³-hybridized carbons (Fsp3) is 0.667. The highest BCUT2D eigenvalue weighted by molar-refractivity contribution is 5.80. The fourth-order valence-corrected chi connectivity index (χ4v) is 3.06. The third kappa shape index (κ3) is 6.20. The lowest BCUT2D eigenvalue weighted by molar-refractivity contribution is 0.203. The van der Waals surface area contributed by atoms with Crippen LogP contribution in [-0.2, 0) is 6.54 Å². The van der Waals surface area contributed by atoms with Gasteiger partial charge in [-0.25, -0.2) is 4.99 Å². The monoisotopic (exact) mass is 360 g/mol. The quantitative estimate of drug-likeness (QED) is 0.517. The first kappa shape index (κ1) is 20.6. The van der Waals surface area contributed by atoms with Crippen LogP contribution in [0, 0.1) is 11.8 Å². The van der Waals surface area contributed by atoms with Gasteiger partial charge in [-0.2, -0.15) is 0 Å². The van der Waals surface area contributed by atoms with Crippen LogP contribution in [-0.4, -0.2) is 43.3 Å². The lowest BCUT2D eigenvalue weighted by Crippen LogP contribution is -2.44. The summed E-state index contributed by atoms with van der Waals surface area (Å²) in [5, 5.41) is 16.1. The van der Waals surface area contributed by atoms with Crippen molar-refractivity contribution in [3.05, 3.63) is 29.8 Å². The topological polar surface area (TPSA) is 59.9 Å². The van der Waals surface area contributed by atoms with E-state index in [-0.39, 0.29) is 0 Å². The Hall–Kier alpha value is -1.75. The smallest absolute Gasteiger partial charge is 0.191 e. The Bertz CT molecular complexity index is 548. The molecule has 1 aromatic carbocycles. The van der Waals surface area contributed by atoms with Gasteiger partial charge in [0, 0.05) is 38.0 Å². The van der Waals surface area contributed by atoms with Crippen molar-refractivity contribution in [1.29, 1.82) is 0 Å². The molecule has 1 aliphatic rings. The molecule has 0 radical (unpaired) electrons. The molecule has 5 heteroatoms. The van der Waals surface area contributed by atoms with E-state index in [1.54, 1.807) is 0 Å². The second-order valence-corrected chi connectivity index (χ2v) is 7.65. The van der Waals surface area contributed by atoms with Crippen molar-refractivity contribution >= 4 is 11.6 Å². The molecule has 0 aromatic heterocycles. The van der Waals surface area contributed by atoms with Crippen LogP contribution in [0.15, 0.2) is 29.3 Å². The van der Waals surface area contributed by atoms with Crippen LogP contribution in [0.25, 0.3) is 0 Å². The molecule has 1 unspecified atom stereocenters. The van der Waals surface area contributed by atoms with Crippen LogP contribution in [0.1, 0.15) is 46.1 Å². The van der Waals surface area contributed by atoms with Crippen LogP contribution in [0.3, 0.4) is 0 Å². The van der Waals surface area contributed by atoms with Crippen molar-refractivity contribution in [3.63, 3.8) is 0 Å². The fourth-order valence-electron chi connectivity index (χ4n) is 3.06. The number of piperidine rings is 1. The molecule has 0 saturated carbocycles. The highest BCUT2D eigenvalue weighted by atomic mass is 16.3. The summed E-state index contributed by atoms with van der Waals surface area (Å²) in [5.41, 5.74) is 2.49. The highest BCUT2D eigenvalue weighted by Crippen LogP contribution is 2.23. The number of nitrogens with one attached hydrogen (secondary N) is 2. The summed E-state index contributed by atoms with van der Waals surface area (Å²) in [7, 11) is 0. The molecule has 0 bridgehead atoms. The minimum Gasteiger partial charge on any atom is -0.396 e. The van der Waals surface area contributed by atoms with Crippen LogP contribution in [0.2, 0.25) is 0 Å². The largest absolute Gasteiger partial charge is 0.396 e. The van der Waals surface area contributed by atoms with E-state index >= 15 is 0 Å². The van der Waals surface area contributed by atoms with Gasteiger partial charge in [0.1, 0.15) is 0 Å². The van der Waals surface area contributed by atoms with E-state index in [9.17, 15) is 5.11 Å². The zero-order chi connectivity index (χ0) is 18.9. The summed E-state index contributed by atoms with van der Waals surface area (Å²) < 4.78 is 0. The summed E-state index contributed by atoms with van der Waals surface area (Å²) in [5.74, 6) is 1.92. The first-order chi connectivity index (χ1) is 12.5. The molecular formula is C21H36N4O. The normalized spacial score (nSPS) is 17.5. The first-order valence-electron chi connectivity index (χ1n) is 10.0. The lowest BCUT2D eigenvalue weighted by atomic mass is 9.97. The average molecular weight is 361 g/mol. The number of aliphatic hydroxyl groups excluding tert-OH is 1. The number of nitrogens with zero attached hydrogens (tertiary/aromatic N) is 2. The van der Waals surface area contributed by atoms with Crippen LogP contribution in [0.4, 0.5) is 5.69 Å². The predicted molar refractivity (Wildman–Crippen MR) is 111 cm³/mol. The van der Waals surface area contributed by atoms with Gasteiger partial charge in [0.15, 0.2) is 5.96 Å². The Labute approximate surface area is 158 Å². The second kappa shape index (κ2) is 10.4. The number of anilines is 1. The van der Waals surface area contributed by atoms with E-state index < -0.39 is 0 Å². The number of aliphatic hydroxyl groups is 1. The van der Waals surface area contributed by atoms with Gasteiger partial charge in [-0.15, -0.1) is 0 Å². The molecule has 1 fully saturated rings. The number of rotatable bonds is 7. The minimum absolute atomic E-state index is 0.322. The van der Waals surface area contributed by atoms with Crippen molar-refractivity contribution < 1.29 is 5.11 Å². The molecule has 1 heterocycles. The van der Waals surface area contributed by atoms with Crippen molar-refractivity contribution in [3.8, 4) is 0 Å². The molecular weight excluding hydrogens is 324 g/mol. The minimum atomic E-state index is 0.322. The average Bonchev–Trinajstić information content (AvgIpc) is 2.66. The summed E-state index contributed by atoms with van der Waals surface area (Å²) in [6, 6.07) is 9.12. The van der Waals surface area contributed by atoms with Crippen LogP contribution >= 0.6 is 0 Å². The maximum absolute atomic E-state index is 9.27. The van der Waals surface area contributed by atoms with Gasteiger partial charge in [0.25, 0.3) is 0 Å². The van der Waals surface area contributed by atoms with Crippen LogP contribution in [0.5, 0.6) is 0 Å². The zero-order valence-corrected chi connectivity index (χ0v) is 16.8. The van der Waals surface area contributed by atoms with Gasteiger partial charge in [0.2, 0.25) is 0 Å². The summed E-state index contributed by atoms with van der Waals surface area (Å²) in [4.78, 5) is 7.13. The molecule has 0 aliphatic carbocycles. The molecule has 26 heavy (non-hydrogen) atoms. The van der Waals surface area contributed by atoms with Gasteiger partial charge in [0.05, 0.1) is 6.54 Å². The molecule has 0 amide bonds. The van der Waals surface area contributed by atoms with Crippen LogP contribution < -0.4 is 15.5 Å². The molecule has 1 saturated heterocycles. The SMILES string of the molecule is CCNC(=NCc1ccc(N2CCC(CO)CC2)cc1)NC(C)C(C)C. The van der Waals surface area contributed by atoms with E-state index in [4.69, 9.17) is 4.99 Å². The lowest BCUT2D eigenvalue weighted by Gasteiger charge is -2.32. The summed E-state index contributed by atoms with van der Waals surface area (Å²) in [6.45, 7) is 12.6. The van der Waals surface area contributed by atoms with Crippen molar-refractivity contribution in [1.82, 2.24) is 10.6 Å². The van der Waals surface area contributed by atoms with Gasteiger partial charge in [-0.1, -0.05) is 26.0 Å². The van der Waals surface area contributed by atoms with Gasteiger partial charge in [-0.3, -0.25) is 0 Å². The Morgan fingerprint density at radius 2 is 1.85 bits per heavy atom. The number of aliphatic imine (C=N–C) groups is 1. The Morgan fingerprint density at radius 1 is 1.19 bits per heavy atom. The van der Waals surface area contributed by atoms with Crippen molar-refractivity contribution in [2.75, 3.05) is 31.1 Å². The molecule has 3 N–H and O–H groups in total. The Kier molecular flexibility index (Phi) is 8.23. The number of hydrogen-bond acceptors (Lipinski definition) is 3. The maximum atomic E-state index is 9.27. The second-order valence-electron chi connectivity index (χ2n) is 7.65. The molecule has 2 rings (SSSR count). The van der Waals surface area contributed by atoms with Gasteiger partial charge < -0.3 is 20.6 Å². The van der Waals surface area contributed by atoms with Gasteiger partial charge in [-0.05, 0) is 56.2 Å². The first-order valence-corrected chi connectivity index (χ1v) is 10.0. The Morgan fingerprint density at radius 3 is 2.38 bits per heavy atom. The van der Waals surface area contributed by atoms with E-state index in [0.29, 0.717) is 31.0 Å². The van der Waals surface area contributed by atoms with Crippen molar-refractivity contribution in [2.24, 2.45) is 16.8 Å². The maximum Gasteiger partial charge on any atom is 0.191 e. The summed E-state index contributed by atoms with van der Waals surface area (Å²) >= 11 is 0. The van der Waals surface area contributed by atoms with E-state index in [2.05, 4.69) is 67.5 Å². The van der Waals surface area contributed by atoms with E-state index in [0.717, 1.165) is 38.4 Å². The van der Waals surface area contributed by atoms with Crippen molar-refractivity contribution in [2.45, 2.75) is 53.1 Å². The van der Waals surface area contributed by atoms with E-state index in [1.165, 1.54) is 11.3 Å². The Balaban J connectivity index is 1.92. The summed E-state index contributed by atoms with van der Waals surface area (Å²) in [6.07, 6.45) is 2.16. The van der Waals surface area contributed by atoms with Gasteiger partial charge >= 0.3 is 0 Å². The zero-order valence-electron chi connectivity index (χ0n) is 16.8. The molecule has 1 atom stereocenters. The molecule has 146 valence electrons. The third-order valence-electron chi connectivity index (χ3n) is 5.30. The third-order valence-corrected chi connectivity index (χ3v) is 5.30. The van der Waals surface area contributed by atoms with E-state index in [1.807, 2.05) is 0 Å². The molecule has 5 nitrogen and oxygen atoms in total. The standard InChI is InChI=1S/C21H36N4O/c1-5-22-21(24-17(4)16(2)3)23-14-18-6-8-20(9-7-18)25-12-10-19(15-26)11-13-25/h6-9,16-17,19,26H,5,10-15H2,1-4H3,(H2,22,23,24). The molecule has 0 spiro atoms. The predicted octanol–water partition coefficient (Wildman–Crippen LogP) is 2.99. The number of benzene rings is 1. The highest BCUT2D eigenvalue weighted by Gasteiger charge is 2.18. The molecule has 1 aliphatic heterocycles. The number of hydrogen-bond donors (Lipinski definition) is 3. The molecule has 1 aromatic rings. The number of guanidine groups is 1.